The van der Waals surface area contributed by atoms with Crippen LogP contribution in [-0.4, -0.2) is 39.9 Å². The van der Waals surface area contributed by atoms with Crippen LogP contribution in [0.15, 0.2) is 29.3 Å². The van der Waals surface area contributed by atoms with Crippen LogP contribution in [-0.2, 0) is 6.54 Å². The highest BCUT2D eigenvalue weighted by Crippen LogP contribution is 2.22. The van der Waals surface area contributed by atoms with Crippen molar-refractivity contribution >= 4 is 29.9 Å². The minimum absolute atomic E-state index is 0. The summed E-state index contributed by atoms with van der Waals surface area (Å²) in [6, 6.07) is 8.23. The summed E-state index contributed by atoms with van der Waals surface area (Å²) in [5, 5.41) is 11.3. The molecule has 0 spiro atoms. The smallest absolute Gasteiger partial charge is 0.191 e. The lowest BCUT2D eigenvalue weighted by Crippen LogP contribution is -2.42. The van der Waals surface area contributed by atoms with Crippen LogP contribution in [0, 0.1) is 13.8 Å². The minimum atomic E-state index is -0.0135. The molecule has 1 aliphatic heterocycles. The molecule has 2 heterocycles. The Morgan fingerprint density at radius 3 is 2.79 bits per heavy atom. The zero-order valence-electron chi connectivity index (χ0n) is 17.1. The van der Waals surface area contributed by atoms with Gasteiger partial charge >= 0.3 is 0 Å². The molecule has 0 bridgehead atoms. The van der Waals surface area contributed by atoms with E-state index in [9.17, 15) is 0 Å². The second-order valence-electron chi connectivity index (χ2n) is 7.04. The van der Waals surface area contributed by atoms with Gasteiger partial charge in [0.1, 0.15) is 23.5 Å². The first kappa shape index (κ1) is 22.4. The van der Waals surface area contributed by atoms with E-state index < -0.39 is 0 Å². The van der Waals surface area contributed by atoms with Crippen molar-refractivity contribution in [3.8, 4) is 5.75 Å². The molecule has 8 heteroatoms. The molecule has 2 atom stereocenters. The summed E-state index contributed by atoms with van der Waals surface area (Å²) in [5.74, 6) is 3.47. The molecule has 0 saturated carbocycles. The van der Waals surface area contributed by atoms with Crippen molar-refractivity contribution in [3.05, 3.63) is 41.5 Å². The van der Waals surface area contributed by atoms with Gasteiger partial charge in [-0.2, -0.15) is 5.10 Å². The fraction of sp³-hybridized carbons (Fsp3) is 0.550. The Morgan fingerprint density at radius 1 is 1.32 bits per heavy atom. The average Bonchev–Trinajstić information content (AvgIpc) is 3.03. The first-order valence-corrected chi connectivity index (χ1v) is 9.74. The van der Waals surface area contributed by atoms with Gasteiger partial charge in [0.15, 0.2) is 5.96 Å². The molecule has 0 amide bonds. The van der Waals surface area contributed by atoms with Crippen molar-refractivity contribution in [3.63, 3.8) is 0 Å². The summed E-state index contributed by atoms with van der Waals surface area (Å²) in [4.78, 5) is 9.30. The normalized spacial score (nSPS) is 17.3. The van der Waals surface area contributed by atoms with Crippen LogP contribution in [0.5, 0.6) is 5.75 Å². The predicted octanol–water partition coefficient (Wildman–Crippen LogP) is 3.37. The molecular weight excluding hydrogens is 467 g/mol. The topological polar surface area (TPSA) is 76.4 Å². The van der Waals surface area contributed by atoms with Crippen molar-refractivity contribution in [1.82, 2.24) is 25.4 Å². The number of aliphatic imine (C=N–C) groups is 1. The van der Waals surface area contributed by atoms with Gasteiger partial charge in [-0.15, -0.1) is 24.0 Å². The maximum Gasteiger partial charge on any atom is 0.191 e. The quantitative estimate of drug-likeness (QED) is 0.363. The van der Waals surface area contributed by atoms with Crippen molar-refractivity contribution in [1.29, 1.82) is 0 Å². The van der Waals surface area contributed by atoms with Gasteiger partial charge in [-0.05, 0) is 52.7 Å². The number of nitrogens with zero attached hydrogens (tertiary/aromatic N) is 4. The molecule has 2 unspecified atom stereocenters. The van der Waals surface area contributed by atoms with E-state index in [1.807, 2.05) is 30.7 Å². The number of rotatable bonds is 6. The molecule has 7 nitrogen and oxygen atoms in total. The predicted molar refractivity (Wildman–Crippen MR) is 123 cm³/mol. The third-order valence-corrected chi connectivity index (χ3v) is 4.50. The molecule has 1 aliphatic rings. The van der Waals surface area contributed by atoms with Crippen molar-refractivity contribution < 1.29 is 4.74 Å². The lowest BCUT2D eigenvalue weighted by molar-refractivity contribution is 0.230. The van der Waals surface area contributed by atoms with Crippen molar-refractivity contribution in [2.45, 2.75) is 59.2 Å². The standard InChI is InChI=1S/C20H30N6O.HI/c1-5-21-20(22-13-15(3)27-17-10-8-14(2)9-11-17)24-18-7-6-12-26-19(18)23-16(4)25-26;/h8-11,15,18H,5-7,12-13H2,1-4H3,(H2,21,22,24);1H. The fourth-order valence-corrected chi connectivity index (χ4v) is 3.20. The Morgan fingerprint density at radius 2 is 2.07 bits per heavy atom. The Balaban J connectivity index is 0.00000280. The zero-order valence-corrected chi connectivity index (χ0v) is 19.4. The lowest BCUT2D eigenvalue weighted by Gasteiger charge is -2.25. The molecule has 1 aromatic carbocycles. The van der Waals surface area contributed by atoms with Gasteiger partial charge in [-0.25, -0.2) is 14.7 Å². The maximum atomic E-state index is 5.96. The SMILES string of the molecule is CCNC(=NCC(C)Oc1ccc(C)cc1)NC1CCCn2nc(C)nc21.I. The maximum absolute atomic E-state index is 5.96. The number of aromatic nitrogens is 3. The number of guanidine groups is 1. The minimum Gasteiger partial charge on any atom is -0.489 e. The van der Waals surface area contributed by atoms with E-state index in [2.05, 4.69) is 46.7 Å². The van der Waals surface area contributed by atoms with Gasteiger partial charge in [-0.1, -0.05) is 17.7 Å². The molecule has 2 N–H and O–H groups in total. The Kier molecular flexibility index (Phi) is 8.53. The van der Waals surface area contributed by atoms with Crippen LogP contribution in [0.1, 0.15) is 49.9 Å². The molecule has 0 aliphatic carbocycles. The number of nitrogens with one attached hydrogen (secondary N) is 2. The molecule has 0 radical (unpaired) electrons. The van der Waals surface area contributed by atoms with Crippen LogP contribution in [0.3, 0.4) is 0 Å². The molecule has 0 fully saturated rings. The number of aryl methyl sites for hydroxylation is 3. The number of hydrogen-bond acceptors (Lipinski definition) is 4. The fourth-order valence-electron chi connectivity index (χ4n) is 3.20. The zero-order chi connectivity index (χ0) is 19.2. The van der Waals surface area contributed by atoms with E-state index in [1.54, 1.807) is 0 Å². The number of fused-ring (bicyclic) bond motifs is 1. The summed E-state index contributed by atoms with van der Waals surface area (Å²) >= 11 is 0. The number of benzene rings is 1. The number of ether oxygens (including phenoxy) is 1. The van der Waals surface area contributed by atoms with Gasteiger partial charge in [0, 0.05) is 13.1 Å². The van der Waals surface area contributed by atoms with E-state index >= 15 is 0 Å². The molecule has 0 saturated heterocycles. The third kappa shape index (κ3) is 6.08. The van der Waals surface area contributed by atoms with Crippen molar-refractivity contribution in [2.24, 2.45) is 4.99 Å². The number of hydrogen-bond donors (Lipinski definition) is 2. The van der Waals surface area contributed by atoms with Gasteiger partial charge in [-0.3, -0.25) is 0 Å². The van der Waals surface area contributed by atoms with Crippen LogP contribution in [0.2, 0.25) is 0 Å². The van der Waals surface area contributed by atoms with E-state index in [-0.39, 0.29) is 36.1 Å². The monoisotopic (exact) mass is 498 g/mol. The van der Waals surface area contributed by atoms with Crippen molar-refractivity contribution in [2.75, 3.05) is 13.1 Å². The lowest BCUT2D eigenvalue weighted by atomic mass is 10.1. The van der Waals surface area contributed by atoms with Crippen LogP contribution in [0.4, 0.5) is 0 Å². The van der Waals surface area contributed by atoms with E-state index in [0.717, 1.165) is 49.3 Å². The Hall–Kier alpha value is -1.84. The highest BCUT2D eigenvalue weighted by Gasteiger charge is 2.24. The summed E-state index contributed by atoms with van der Waals surface area (Å²) in [7, 11) is 0. The first-order valence-electron chi connectivity index (χ1n) is 9.74. The summed E-state index contributed by atoms with van der Waals surface area (Å²) in [6.07, 6.45) is 2.10. The Labute approximate surface area is 184 Å². The molecule has 3 rings (SSSR count). The molecule has 154 valence electrons. The molecule has 2 aromatic rings. The van der Waals surface area contributed by atoms with E-state index in [1.165, 1.54) is 5.56 Å². The second kappa shape index (κ2) is 10.6. The van der Waals surface area contributed by atoms with E-state index in [4.69, 9.17) is 9.73 Å². The van der Waals surface area contributed by atoms with Gasteiger partial charge < -0.3 is 15.4 Å². The van der Waals surface area contributed by atoms with Gasteiger partial charge in [0.2, 0.25) is 0 Å². The highest BCUT2D eigenvalue weighted by atomic mass is 127. The molecule has 28 heavy (non-hydrogen) atoms. The summed E-state index contributed by atoms with van der Waals surface area (Å²) < 4.78 is 7.96. The largest absolute Gasteiger partial charge is 0.489 e. The van der Waals surface area contributed by atoms with Crippen LogP contribution in [0.25, 0.3) is 0 Å². The number of halogens is 1. The average molecular weight is 498 g/mol. The molecular formula is C20H31IN6O. The summed E-state index contributed by atoms with van der Waals surface area (Å²) in [5.41, 5.74) is 1.22. The third-order valence-electron chi connectivity index (χ3n) is 4.50. The van der Waals surface area contributed by atoms with Crippen LogP contribution >= 0.6 is 24.0 Å². The first-order chi connectivity index (χ1) is 13.0. The Bertz CT molecular complexity index is 774. The van der Waals surface area contributed by atoms with Crippen LogP contribution < -0.4 is 15.4 Å². The van der Waals surface area contributed by atoms with E-state index in [0.29, 0.717) is 6.54 Å². The highest BCUT2D eigenvalue weighted by molar-refractivity contribution is 14.0. The second-order valence-corrected chi connectivity index (χ2v) is 7.04. The molecule has 1 aromatic heterocycles. The summed E-state index contributed by atoms with van der Waals surface area (Å²) in [6.45, 7) is 10.4. The van der Waals surface area contributed by atoms with Gasteiger partial charge in [0.05, 0.1) is 12.6 Å². The van der Waals surface area contributed by atoms with Gasteiger partial charge in [0.25, 0.3) is 0 Å².